The molecule has 0 fully saturated rings. The molecule has 0 bridgehead atoms. The molecular formula is C18H26NP. The van der Waals surface area contributed by atoms with E-state index in [0.717, 1.165) is 13.0 Å². The van der Waals surface area contributed by atoms with Crippen molar-refractivity contribution in [1.82, 2.24) is 5.32 Å². The number of benzene rings is 2. The van der Waals surface area contributed by atoms with Crippen LogP contribution in [0.2, 0.25) is 0 Å². The molecule has 2 atom stereocenters. The lowest BCUT2D eigenvalue weighted by Crippen LogP contribution is -2.15. The largest absolute Gasteiger partial charge is 0.303 e. The third-order valence-electron chi connectivity index (χ3n) is 3.09. The van der Waals surface area contributed by atoms with Gasteiger partial charge in [0, 0.05) is 12.3 Å². The Morgan fingerprint density at radius 3 is 2.25 bits per heavy atom. The van der Waals surface area contributed by atoms with E-state index in [-0.39, 0.29) is 0 Å². The fourth-order valence-electron chi connectivity index (χ4n) is 1.95. The summed E-state index contributed by atoms with van der Waals surface area (Å²) in [6, 6.07) is 19.3. The van der Waals surface area contributed by atoms with Crippen molar-refractivity contribution in [3.8, 4) is 0 Å². The first kappa shape index (κ1) is 16.9. The zero-order valence-corrected chi connectivity index (χ0v) is 13.9. The molecule has 0 aliphatic heterocycles. The molecule has 0 heterocycles. The Bertz CT molecular complexity index is 482. The first-order valence-corrected chi connectivity index (χ1v) is 8.08. The molecule has 0 amide bonds. The lowest BCUT2D eigenvalue weighted by atomic mass is 10.1. The first-order chi connectivity index (χ1) is 9.79. The maximum atomic E-state index is 3.53. The van der Waals surface area contributed by atoms with E-state index < -0.39 is 0 Å². The Balaban J connectivity index is 0.000000956. The summed E-state index contributed by atoms with van der Waals surface area (Å²) in [4.78, 5) is 0. The van der Waals surface area contributed by atoms with Crippen molar-refractivity contribution >= 4 is 9.24 Å². The molecule has 2 unspecified atom stereocenters. The normalized spacial score (nSPS) is 11.4. The maximum absolute atomic E-state index is 3.53. The van der Waals surface area contributed by atoms with Crippen molar-refractivity contribution in [3.05, 3.63) is 71.3 Å². The van der Waals surface area contributed by atoms with E-state index in [2.05, 4.69) is 70.0 Å². The van der Waals surface area contributed by atoms with Crippen LogP contribution < -0.4 is 5.32 Å². The van der Waals surface area contributed by atoms with E-state index in [0.29, 0.717) is 5.78 Å². The second kappa shape index (κ2) is 9.69. The van der Waals surface area contributed by atoms with Crippen molar-refractivity contribution in [1.29, 1.82) is 0 Å². The van der Waals surface area contributed by atoms with Crippen LogP contribution in [0.25, 0.3) is 0 Å². The van der Waals surface area contributed by atoms with Gasteiger partial charge < -0.3 is 5.32 Å². The molecule has 20 heavy (non-hydrogen) atoms. The van der Waals surface area contributed by atoms with E-state index >= 15 is 0 Å². The summed E-state index contributed by atoms with van der Waals surface area (Å²) in [7, 11) is 2.88. The minimum Gasteiger partial charge on any atom is -0.303 e. The summed E-state index contributed by atoms with van der Waals surface area (Å²) in [5.41, 5.74) is 4.04. The van der Waals surface area contributed by atoms with E-state index in [4.69, 9.17) is 0 Å². The van der Waals surface area contributed by atoms with Crippen LogP contribution in [-0.4, -0.2) is 0 Å². The average Bonchev–Trinajstić information content (AvgIpc) is 2.55. The molecule has 2 heteroatoms. The van der Waals surface area contributed by atoms with Gasteiger partial charge in [0.25, 0.3) is 0 Å². The van der Waals surface area contributed by atoms with Crippen LogP contribution in [0.3, 0.4) is 0 Å². The molecule has 0 saturated carbocycles. The van der Waals surface area contributed by atoms with Crippen LogP contribution in [0.15, 0.2) is 54.6 Å². The predicted molar refractivity (Wildman–Crippen MR) is 92.9 cm³/mol. The number of nitrogens with one attached hydrogen (secondary N) is 1. The van der Waals surface area contributed by atoms with E-state index in [9.17, 15) is 0 Å². The summed E-state index contributed by atoms with van der Waals surface area (Å²) < 4.78 is 0. The summed E-state index contributed by atoms with van der Waals surface area (Å²) >= 11 is 0. The molecule has 0 aromatic heterocycles. The SMILES string of the molecule is CC.CCc1cccc(C(P)NCc2ccccc2)c1. The van der Waals surface area contributed by atoms with Crippen molar-refractivity contribution in [2.45, 2.75) is 39.5 Å². The number of hydrogen-bond acceptors (Lipinski definition) is 1. The van der Waals surface area contributed by atoms with Crippen LogP contribution in [0.5, 0.6) is 0 Å². The third-order valence-corrected chi connectivity index (χ3v) is 3.71. The predicted octanol–water partition coefficient (Wildman–Crippen LogP) is 4.94. The zero-order valence-electron chi connectivity index (χ0n) is 12.8. The van der Waals surface area contributed by atoms with Gasteiger partial charge in [-0.05, 0) is 23.1 Å². The molecular weight excluding hydrogens is 261 g/mol. The third kappa shape index (κ3) is 5.45. The molecule has 1 nitrogen and oxygen atoms in total. The summed E-state index contributed by atoms with van der Waals surface area (Å²) in [5, 5.41) is 3.53. The van der Waals surface area contributed by atoms with Gasteiger partial charge in [0.2, 0.25) is 0 Å². The minimum atomic E-state index is 0.303. The number of aryl methyl sites for hydroxylation is 1. The Labute approximate surface area is 126 Å². The summed E-state index contributed by atoms with van der Waals surface area (Å²) in [5.74, 6) is 0.303. The first-order valence-electron chi connectivity index (χ1n) is 7.41. The lowest BCUT2D eigenvalue weighted by molar-refractivity contribution is 0.677. The van der Waals surface area contributed by atoms with Gasteiger partial charge in [-0.1, -0.05) is 75.4 Å². The smallest absolute Gasteiger partial charge is 0.0466 e. The van der Waals surface area contributed by atoms with Crippen LogP contribution in [0.4, 0.5) is 0 Å². The van der Waals surface area contributed by atoms with E-state index in [1.54, 1.807) is 0 Å². The van der Waals surface area contributed by atoms with Gasteiger partial charge in [-0.25, -0.2) is 0 Å². The number of hydrogen-bond donors (Lipinski definition) is 1. The molecule has 0 spiro atoms. The van der Waals surface area contributed by atoms with E-state index in [1.165, 1.54) is 16.7 Å². The summed E-state index contributed by atoms with van der Waals surface area (Å²) in [6.07, 6.45) is 1.09. The van der Waals surface area contributed by atoms with Gasteiger partial charge >= 0.3 is 0 Å². The monoisotopic (exact) mass is 287 g/mol. The maximum Gasteiger partial charge on any atom is 0.0466 e. The molecule has 1 N–H and O–H groups in total. The van der Waals surface area contributed by atoms with E-state index in [1.807, 2.05) is 19.9 Å². The van der Waals surface area contributed by atoms with Crippen LogP contribution in [-0.2, 0) is 13.0 Å². The average molecular weight is 287 g/mol. The highest BCUT2D eigenvalue weighted by molar-refractivity contribution is 7.17. The minimum absolute atomic E-state index is 0.303. The van der Waals surface area contributed by atoms with Crippen molar-refractivity contribution < 1.29 is 0 Å². The fourth-order valence-corrected chi connectivity index (χ4v) is 2.27. The molecule has 2 aromatic rings. The lowest BCUT2D eigenvalue weighted by Gasteiger charge is -2.15. The standard InChI is InChI=1S/C16H20NP.C2H6/c1-2-13-9-6-10-15(11-13)16(18)17-12-14-7-4-3-5-8-14;1-2/h3-11,16-17H,2,12,18H2,1H3;1-2H3. The van der Waals surface area contributed by atoms with Gasteiger partial charge in [0.15, 0.2) is 0 Å². The zero-order chi connectivity index (χ0) is 14.8. The highest BCUT2D eigenvalue weighted by Crippen LogP contribution is 2.21. The Hall–Kier alpha value is -1.17. The molecule has 0 saturated heterocycles. The van der Waals surface area contributed by atoms with Crippen molar-refractivity contribution in [3.63, 3.8) is 0 Å². The topological polar surface area (TPSA) is 12.0 Å². The Morgan fingerprint density at radius 1 is 0.950 bits per heavy atom. The molecule has 2 aromatic carbocycles. The van der Waals surface area contributed by atoms with Gasteiger partial charge in [-0.2, -0.15) is 0 Å². The quantitative estimate of drug-likeness (QED) is 0.768. The molecule has 2 rings (SSSR count). The van der Waals surface area contributed by atoms with Crippen molar-refractivity contribution in [2.24, 2.45) is 0 Å². The second-order valence-electron chi connectivity index (χ2n) is 4.44. The van der Waals surface area contributed by atoms with Gasteiger partial charge in [-0.3, -0.25) is 0 Å². The van der Waals surface area contributed by atoms with Crippen molar-refractivity contribution in [2.75, 3.05) is 0 Å². The molecule has 0 aliphatic carbocycles. The van der Waals surface area contributed by atoms with Gasteiger partial charge in [-0.15, -0.1) is 9.24 Å². The second-order valence-corrected chi connectivity index (χ2v) is 5.11. The highest BCUT2D eigenvalue weighted by atomic mass is 31.0. The van der Waals surface area contributed by atoms with Gasteiger partial charge in [0.05, 0.1) is 0 Å². The van der Waals surface area contributed by atoms with Crippen LogP contribution >= 0.6 is 9.24 Å². The molecule has 0 aliphatic rings. The molecule has 108 valence electrons. The van der Waals surface area contributed by atoms with Crippen LogP contribution in [0, 0.1) is 0 Å². The fraction of sp³-hybridized carbons (Fsp3) is 0.333. The van der Waals surface area contributed by atoms with Gasteiger partial charge in [0.1, 0.15) is 0 Å². The Kier molecular flexibility index (Phi) is 8.18. The van der Waals surface area contributed by atoms with Crippen LogP contribution in [0.1, 0.15) is 43.2 Å². The number of rotatable bonds is 5. The molecule has 0 radical (unpaired) electrons. The summed E-state index contributed by atoms with van der Waals surface area (Å²) in [6.45, 7) is 7.08. The Morgan fingerprint density at radius 2 is 1.60 bits per heavy atom. The highest BCUT2D eigenvalue weighted by Gasteiger charge is 2.05.